The van der Waals surface area contributed by atoms with Crippen LogP contribution in [-0.2, 0) is 17.5 Å². The van der Waals surface area contributed by atoms with Crippen LogP contribution in [0.5, 0.6) is 0 Å². The lowest BCUT2D eigenvalue weighted by atomic mass is 10.1. The summed E-state index contributed by atoms with van der Waals surface area (Å²) in [5.41, 5.74) is -1.87. The minimum absolute atomic E-state index is 0.272. The Morgan fingerprint density at radius 3 is 2.56 bits per heavy atom. The number of aromatic nitrogens is 2. The van der Waals surface area contributed by atoms with E-state index in [1.165, 1.54) is 0 Å². The van der Waals surface area contributed by atoms with Gasteiger partial charge in [-0.3, -0.25) is 9.48 Å². The number of aliphatic hydroxyl groups is 1. The van der Waals surface area contributed by atoms with Crippen LogP contribution in [0, 0.1) is 0 Å². The zero-order valence-electron chi connectivity index (χ0n) is 9.95. The van der Waals surface area contributed by atoms with Gasteiger partial charge < -0.3 is 10.4 Å². The molecule has 1 aromatic rings. The van der Waals surface area contributed by atoms with Gasteiger partial charge in [-0.25, -0.2) is 0 Å². The quantitative estimate of drug-likeness (QED) is 0.845. The molecular weight excluding hydrogens is 251 g/mol. The number of nitrogens with one attached hydrogen (secondary N) is 1. The Morgan fingerprint density at radius 1 is 1.50 bits per heavy atom. The molecule has 0 bridgehead atoms. The fourth-order valence-corrected chi connectivity index (χ4v) is 1.20. The van der Waals surface area contributed by atoms with Gasteiger partial charge in [0.1, 0.15) is 6.54 Å². The molecule has 0 aliphatic carbocycles. The Balaban J connectivity index is 2.64. The van der Waals surface area contributed by atoms with Crippen molar-refractivity contribution in [2.24, 2.45) is 0 Å². The predicted octanol–water partition coefficient (Wildman–Crippen LogP) is 0.789. The van der Waals surface area contributed by atoms with E-state index >= 15 is 0 Å². The first kappa shape index (κ1) is 14.5. The minimum Gasteiger partial charge on any atom is -0.394 e. The number of nitrogens with zero attached hydrogens (tertiary/aromatic N) is 2. The molecule has 1 aromatic heterocycles. The Morgan fingerprint density at radius 2 is 2.11 bits per heavy atom. The van der Waals surface area contributed by atoms with Gasteiger partial charge in [0.15, 0.2) is 5.69 Å². The molecule has 0 atom stereocenters. The second-order valence-corrected chi connectivity index (χ2v) is 4.49. The van der Waals surface area contributed by atoms with E-state index < -0.39 is 23.3 Å². The van der Waals surface area contributed by atoms with Crippen LogP contribution >= 0.6 is 0 Å². The molecule has 18 heavy (non-hydrogen) atoms. The number of aliphatic hydroxyl groups excluding tert-OH is 1. The Kier molecular flexibility index (Phi) is 4.00. The molecule has 0 saturated carbocycles. The van der Waals surface area contributed by atoms with Crippen molar-refractivity contribution in [2.45, 2.75) is 32.1 Å². The lowest BCUT2D eigenvalue weighted by Gasteiger charge is -2.23. The van der Waals surface area contributed by atoms with Crippen molar-refractivity contribution in [3.63, 3.8) is 0 Å². The van der Waals surface area contributed by atoms with Crippen LogP contribution in [0.3, 0.4) is 0 Å². The summed E-state index contributed by atoms with van der Waals surface area (Å²) in [7, 11) is 0. The van der Waals surface area contributed by atoms with Crippen molar-refractivity contribution in [1.82, 2.24) is 15.1 Å². The number of hydrogen-bond donors (Lipinski definition) is 2. The highest BCUT2D eigenvalue weighted by atomic mass is 19.4. The van der Waals surface area contributed by atoms with Crippen molar-refractivity contribution in [3.8, 4) is 0 Å². The lowest BCUT2D eigenvalue weighted by Crippen LogP contribution is -2.47. The standard InChI is InChI=1S/C10H14F3N3O2/c1-9(2,6-17)14-8(18)5-16-4-3-7(15-16)10(11,12)13/h3-4,17H,5-6H2,1-2H3,(H,14,18). The van der Waals surface area contributed by atoms with E-state index in [9.17, 15) is 18.0 Å². The smallest absolute Gasteiger partial charge is 0.394 e. The van der Waals surface area contributed by atoms with E-state index in [0.717, 1.165) is 16.9 Å². The number of carbonyl (C=O) groups is 1. The molecule has 0 saturated heterocycles. The van der Waals surface area contributed by atoms with Gasteiger partial charge in [-0.2, -0.15) is 18.3 Å². The molecule has 0 aromatic carbocycles. The fourth-order valence-electron chi connectivity index (χ4n) is 1.20. The lowest BCUT2D eigenvalue weighted by molar-refractivity contribution is -0.141. The maximum absolute atomic E-state index is 12.3. The molecule has 0 unspecified atom stereocenters. The zero-order chi connectivity index (χ0) is 14.0. The van der Waals surface area contributed by atoms with Gasteiger partial charge in [-0.05, 0) is 19.9 Å². The maximum Gasteiger partial charge on any atom is 0.435 e. The molecule has 0 fully saturated rings. The average molecular weight is 265 g/mol. The summed E-state index contributed by atoms with van der Waals surface area (Å²) in [6.07, 6.45) is -3.44. The highest BCUT2D eigenvalue weighted by Crippen LogP contribution is 2.27. The van der Waals surface area contributed by atoms with Crippen LogP contribution in [0.1, 0.15) is 19.5 Å². The molecule has 8 heteroatoms. The van der Waals surface area contributed by atoms with Crippen molar-refractivity contribution in [3.05, 3.63) is 18.0 Å². The second kappa shape index (κ2) is 4.97. The van der Waals surface area contributed by atoms with Crippen molar-refractivity contribution in [2.75, 3.05) is 6.61 Å². The average Bonchev–Trinajstić information content (AvgIpc) is 2.64. The van der Waals surface area contributed by atoms with Crippen LogP contribution in [0.4, 0.5) is 13.2 Å². The monoisotopic (exact) mass is 265 g/mol. The topological polar surface area (TPSA) is 67.2 Å². The van der Waals surface area contributed by atoms with E-state index in [4.69, 9.17) is 5.11 Å². The first-order valence-electron chi connectivity index (χ1n) is 5.16. The molecule has 1 amide bonds. The van der Waals surface area contributed by atoms with Gasteiger partial charge in [0.25, 0.3) is 0 Å². The summed E-state index contributed by atoms with van der Waals surface area (Å²) in [6.45, 7) is 2.58. The Hall–Kier alpha value is -1.57. The minimum atomic E-state index is -4.52. The van der Waals surface area contributed by atoms with E-state index in [2.05, 4.69) is 10.4 Å². The third kappa shape index (κ3) is 4.02. The molecular formula is C10H14F3N3O2. The Labute approximate surface area is 102 Å². The van der Waals surface area contributed by atoms with Crippen LogP contribution < -0.4 is 5.32 Å². The van der Waals surface area contributed by atoms with E-state index in [-0.39, 0.29) is 13.2 Å². The zero-order valence-corrected chi connectivity index (χ0v) is 9.95. The normalized spacial score (nSPS) is 12.6. The van der Waals surface area contributed by atoms with Gasteiger partial charge in [0.05, 0.1) is 12.1 Å². The van der Waals surface area contributed by atoms with Crippen LogP contribution in [0.25, 0.3) is 0 Å². The summed E-state index contributed by atoms with van der Waals surface area (Å²) in [5.74, 6) is -0.522. The number of halogens is 3. The predicted molar refractivity (Wildman–Crippen MR) is 56.5 cm³/mol. The number of carbonyl (C=O) groups excluding carboxylic acids is 1. The van der Waals surface area contributed by atoms with Crippen molar-refractivity contribution >= 4 is 5.91 Å². The van der Waals surface area contributed by atoms with Crippen molar-refractivity contribution in [1.29, 1.82) is 0 Å². The highest BCUT2D eigenvalue weighted by Gasteiger charge is 2.33. The second-order valence-electron chi connectivity index (χ2n) is 4.49. The van der Waals surface area contributed by atoms with Crippen LogP contribution in [0.2, 0.25) is 0 Å². The molecule has 0 aliphatic rings. The van der Waals surface area contributed by atoms with Gasteiger partial charge in [0.2, 0.25) is 5.91 Å². The van der Waals surface area contributed by atoms with E-state index in [0.29, 0.717) is 0 Å². The number of amides is 1. The maximum atomic E-state index is 12.3. The molecule has 1 rings (SSSR count). The van der Waals surface area contributed by atoms with Gasteiger partial charge in [0, 0.05) is 6.20 Å². The van der Waals surface area contributed by atoms with Crippen LogP contribution in [0.15, 0.2) is 12.3 Å². The number of rotatable bonds is 4. The molecule has 1 heterocycles. The first-order chi connectivity index (χ1) is 8.14. The third-order valence-corrected chi connectivity index (χ3v) is 2.11. The third-order valence-electron chi connectivity index (χ3n) is 2.11. The van der Waals surface area contributed by atoms with Gasteiger partial charge in [-0.15, -0.1) is 0 Å². The molecule has 2 N–H and O–H groups in total. The number of hydrogen-bond acceptors (Lipinski definition) is 3. The summed E-state index contributed by atoms with van der Waals surface area (Å²) in [5, 5.41) is 14.7. The highest BCUT2D eigenvalue weighted by molar-refractivity contribution is 5.76. The van der Waals surface area contributed by atoms with Crippen molar-refractivity contribution < 1.29 is 23.1 Å². The molecule has 102 valence electrons. The first-order valence-corrected chi connectivity index (χ1v) is 5.16. The fraction of sp³-hybridized carbons (Fsp3) is 0.600. The molecule has 5 nitrogen and oxygen atoms in total. The Bertz CT molecular complexity index is 426. The molecule has 0 spiro atoms. The SMILES string of the molecule is CC(C)(CO)NC(=O)Cn1ccc(C(F)(F)F)n1. The summed E-state index contributed by atoms with van der Waals surface area (Å²) in [4.78, 5) is 11.5. The van der Waals surface area contributed by atoms with Crippen LogP contribution in [-0.4, -0.2) is 32.9 Å². The summed E-state index contributed by atoms with van der Waals surface area (Å²) in [6, 6.07) is 0.796. The molecule has 0 aliphatic heterocycles. The summed E-state index contributed by atoms with van der Waals surface area (Å²) < 4.78 is 37.7. The van der Waals surface area contributed by atoms with Gasteiger partial charge in [-0.1, -0.05) is 0 Å². The largest absolute Gasteiger partial charge is 0.435 e. The summed E-state index contributed by atoms with van der Waals surface area (Å²) >= 11 is 0. The van der Waals surface area contributed by atoms with Gasteiger partial charge >= 0.3 is 6.18 Å². The number of alkyl halides is 3. The van der Waals surface area contributed by atoms with E-state index in [1.54, 1.807) is 13.8 Å². The van der Waals surface area contributed by atoms with E-state index in [1.807, 2.05) is 0 Å². The molecule has 0 radical (unpaired) electrons.